The van der Waals surface area contributed by atoms with Crippen LogP contribution in [0.2, 0.25) is 0 Å². The summed E-state index contributed by atoms with van der Waals surface area (Å²) in [4.78, 5) is 27.6. The van der Waals surface area contributed by atoms with Crippen molar-refractivity contribution >= 4 is 11.7 Å². The number of fused-ring (bicyclic) bond motifs is 1. The van der Waals surface area contributed by atoms with Crippen LogP contribution in [0.25, 0.3) is 0 Å². The van der Waals surface area contributed by atoms with Crippen LogP contribution < -0.4 is 19.5 Å². The maximum atomic E-state index is 12.8. The summed E-state index contributed by atoms with van der Waals surface area (Å²) in [6.07, 6.45) is 5.25. The standard InChI is InChI=1S/C30H40N2O6/c1-36-24-12-9-22(10-13-24)26(33)7-3-2-4-8-29(34)31-25(15-18-32-16-5-6-17-32)30(35)23-11-14-27-28(21-23)38-20-19-37-27/h9-14,21,25,30,35H,2-8,15-20H2,1H3,(H,31,34)/t25-,30-/m1/s1. The predicted molar refractivity (Wildman–Crippen MR) is 145 cm³/mol. The maximum Gasteiger partial charge on any atom is 0.220 e. The lowest BCUT2D eigenvalue weighted by Gasteiger charge is -2.28. The summed E-state index contributed by atoms with van der Waals surface area (Å²) in [6, 6.07) is 12.2. The Kier molecular flexibility index (Phi) is 10.4. The van der Waals surface area contributed by atoms with Gasteiger partial charge in [-0.1, -0.05) is 12.5 Å². The average Bonchev–Trinajstić information content (AvgIpc) is 3.48. The van der Waals surface area contributed by atoms with Crippen molar-refractivity contribution in [3.63, 3.8) is 0 Å². The molecule has 2 N–H and O–H groups in total. The quantitative estimate of drug-likeness (QED) is 0.281. The molecule has 1 saturated heterocycles. The SMILES string of the molecule is COc1ccc(C(=O)CCCCCC(=O)N[C@H](CCN2CCCC2)[C@H](O)c2ccc3c(c2)OCCO3)cc1. The number of benzene rings is 2. The molecule has 2 aromatic rings. The Balaban J connectivity index is 1.25. The number of rotatable bonds is 14. The lowest BCUT2D eigenvalue weighted by Crippen LogP contribution is -2.41. The Labute approximate surface area is 225 Å². The second-order valence-electron chi connectivity index (χ2n) is 10.1. The highest BCUT2D eigenvalue weighted by atomic mass is 16.6. The zero-order chi connectivity index (χ0) is 26.7. The lowest BCUT2D eigenvalue weighted by atomic mass is 9.98. The van der Waals surface area contributed by atoms with Gasteiger partial charge in [0, 0.05) is 24.9 Å². The van der Waals surface area contributed by atoms with Gasteiger partial charge in [0.1, 0.15) is 19.0 Å². The Morgan fingerprint density at radius 1 is 0.974 bits per heavy atom. The number of Topliss-reactive ketones (excluding diaryl/α,β-unsaturated/α-hetero) is 1. The van der Waals surface area contributed by atoms with E-state index in [0.29, 0.717) is 61.5 Å². The number of unbranched alkanes of at least 4 members (excludes halogenated alkanes) is 2. The predicted octanol–water partition coefficient (Wildman–Crippen LogP) is 4.30. The molecule has 0 radical (unpaired) electrons. The minimum atomic E-state index is -0.848. The molecule has 2 aliphatic heterocycles. The van der Waals surface area contributed by atoms with E-state index in [1.54, 1.807) is 31.4 Å². The third-order valence-corrected chi connectivity index (χ3v) is 7.31. The number of nitrogens with one attached hydrogen (secondary N) is 1. The highest BCUT2D eigenvalue weighted by Gasteiger charge is 2.26. The van der Waals surface area contributed by atoms with Crippen LogP contribution in [0.1, 0.15) is 73.4 Å². The van der Waals surface area contributed by atoms with E-state index in [2.05, 4.69) is 10.2 Å². The molecule has 38 heavy (non-hydrogen) atoms. The number of ketones is 1. The molecule has 2 aromatic carbocycles. The fraction of sp³-hybridized carbons (Fsp3) is 0.533. The van der Waals surface area contributed by atoms with Gasteiger partial charge in [-0.15, -0.1) is 0 Å². The average molecular weight is 525 g/mol. The molecule has 0 unspecified atom stereocenters. The van der Waals surface area contributed by atoms with Crippen LogP contribution in [0, 0.1) is 0 Å². The molecular formula is C30H40N2O6. The first kappa shape index (κ1) is 27.9. The van der Waals surface area contributed by atoms with Crippen LogP contribution in [0.5, 0.6) is 17.2 Å². The van der Waals surface area contributed by atoms with Gasteiger partial charge in [0.2, 0.25) is 5.91 Å². The normalized spacial score (nSPS) is 16.6. The van der Waals surface area contributed by atoms with E-state index in [9.17, 15) is 14.7 Å². The van der Waals surface area contributed by atoms with Crippen LogP contribution in [0.15, 0.2) is 42.5 Å². The Hall–Kier alpha value is -3.10. The molecule has 0 spiro atoms. The van der Waals surface area contributed by atoms with Gasteiger partial charge in [0.05, 0.1) is 19.3 Å². The van der Waals surface area contributed by atoms with Gasteiger partial charge in [0.15, 0.2) is 17.3 Å². The number of nitrogens with zero attached hydrogens (tertiary/aromatic N) is 1. The van der Waals surface area contributed by atoms with Gasteiger partial charge in [0.25, 0.3) is 0 Å². The molecule has 206 valence electrons. The van der Waals surface area contributed by atoms with E-state index >= 15 is 0 Å². The molecule has 0 aromatic heterocycles. The van der Waals surface area contributed by atoms with Crippen molar-refractivity contribution < 1.29 is 28.9 Å². The lowest BCUT2D eigenvalue weighted by molar-refractivity contribution is -0.122. The summed E-state index contributed by atoms with van der Waals surface area (Å²) in [5.74, 6) is 2.05. The van der Waals surface area contributed by atoms with E-state index in [4.69, 9.17) is 14.2 Å². The molecule has 8 heteroatoms. The van der Waals surface area contributed by atoms with E-state index in [-0.39, 0.29) is 11.7 Å². The van der Waals surface area contributed by atoms with Crippen molar-refractivity contribution in [1.82, 2.24) is 10.2 Å². The zero-order valence-corrected chi connectivity index (χ0v) is 22.3. The van der Waals surface area contributed by atoms with Crippen molar-refractivity contribution in [2.24, 2.45) is 0 Å². The van der Waals surface area contributed by atoms with Crippen molar-refractivity contribution in [2.75, 3.05) is 40.0 Å². The van der Waals surface area contributed by atoms with Gasteiger partial charge < -0.3 is 29.5 Å². The molecular weight excluding hydrogens is 484 g/mol. The Morgan fingerprint density at radius 2 is 1.68 bits per heavy atom. The molecule has 1 amide bonds. The minimum absolute atomic E-state index is 0.0745. The second kappa shape index (κ2) is 14.2. The van der Waals surface area contributed by atoms with Crippen molar-refractivity contribution in [3.05, 3.63) is 53.6 Å². The first-order valence-corrected chi connectivity index (χ1v) is 13.8. The second-order valence-corrected chi connectivity index (χ2v) is 10.1. The van der Waals surface area contributed by atoms with E-state index in [1.807, 2.05) is 18.2 Å². The van der Waals surface area contributed by atoms with Crippen LogP contribution in [-0.2, 0) is 4.79 Å². The number of carbonyl (C=O) groups is 2. The minimum Gasteiger partial charge on any atom is -0.497 e. The van der Waals surface area contributed by atoms with E-state index in [0.717, 1.165) is 38.2 Å². The van der Waals surface area contributed by atoms with Crippen molar-refractivity contribution in [3.8, 4) is 17.2 Å². The molecule has 1 fully saturated rings. The number of hydrogen-bond acceptors (Lipinski definition) is 7. The topological polar surface area (TPSA) is 97.3 Å². The molecule has 8 nitrogen and oxygen atoms in total. The fourth-order valence-electron chi connectivity index (χ4n) is 5.06. The number of aliphatic hydroxyl groups is 1. The van der Waals surface area contributed by atoms with Gasteiger partial charge in [-0.3, -0.25) is 9.59 Å². The Bertz CT molecular complexity index is 1050. The van der Waals surface area contributed by atoms with Crippen LogP contribution in [-0.4, -0.2) is 67.7 Å². The number of aliphatic hydroxyl groups excluding tert-OH is 1. The molecule has 2 heterocycles. The van der Waals surface area contributed by atoms with Gasteiger partial charge >= 0.3 is 0 Å². The number of hydrogen-bond donors (Lipinski definition) is 2. The zero-order valence-electron chi connectivity index (χ0n) is 22.3. The number of methoxy groups -OCH3 is 1. The van der Waals surface area contributed by atoms with Crippen LogP contribution >= 0.6 is 0 Å². The maximum absolute atomic E-state index is 12.8. The molecule has 4 rings (SSSR count). The Morgan fingerprint density at radius 3 is 2.42 bits per heavy atom. The summed E-state index contributed by atoms with van der Waals surface area (Å²) >= 11 is 0. The number of likely N-dealkylation sites (tertiary alicyclic amines) is 1. The molecule has 0 saturated carbocycles. The van der Waals surface area contributed by atoms with Crippen LogP contribution in [0.3, 0.4) is 0 Å². The fourth-order valence-corrected chi connectivity index (χ4v) is 5.06. The monoisotopic (exact) mass is 524 g/mol. The van der Waals surface area contributed by atoms with Gasteiger partial charge in [-0.05, 0) is 87.2 Å². The van der Waals surface area contributed by atoms with Crippen molar-refractivity contribution in [2.45, 2.75) is 63.5 Å². The summed E-state index contributed by atoms with van der Waals surface area (Å²) < 4.78 is 16.4. The summed E-state index contributed by atoms with van der Waals surface area (Å²) in [7, 11) is 1.60. The molecule has 0 aliphatic carbocycles. The smallest absolute Gasteiger partial charge is 0.220 e. The highest BCUT2D eigenvalue weighted by Crippen LogP contribution is 2.34. The first-order valence-electron chi connectivity index (χ1n) is 13.8. The summed E-state index contributed by atoms with van der Waals surface area (Å²) in [6.45, 7) is 3.96. The van der Waals surface area contributed by atoms with Gasteiger partial charge in [-0.2, -0.15) is 0 Å². The number of carbonyl (C=O) groups excluding carboxylic acids is 2. The third-order valence-electron chi connectivity index (χ3n) is 7.31. The largest absolute Gasteiger partial charge is 0.497 e. The number of amides is 1. The number of ether oxygens (including phenoxy) is 3. The molecule has 2 atom stereocenters. The van der Waals surface area contributed by atoms with Crippen LogP contribution in [0.4, 0.5) is 0 Å². The van der Waals surface area contributed by atoms with E-state index in [1.165, 1.54) is 12.8 Å². The van der Waals surface area contributed by atoms with Crippen molar-refractivity contribution in [1.29, 1.82) is 0 Å². The third kappa shape index (κ3) is 7.95. The van der Waals surface area contributed by atoms with Gasteiger partial charge in [-0.25, -0.2) is 0 Å². The highest BCUT2D eigenvalue weighted by molar-refractivity contribution is 5.96. The molecule has 2 aliphatic rings. The summed E-state index contributed by atoms with van der Waals surface area (Å²) in [5.41, 5.74) is 1.38. The first-order chi connectivity index (χ1) is 18.5. The summed E-state index contributed by atoms with van der Waals surface area (Å²) in [5, 5.41) is 14.3. The van der Waals surface area contributed by atoms with E-state index < -0.39 is 12.1 Å². The molecule has 0 bridgehead atoms.